The third-order valence-electron chi connectivity index (χ3n) is 3.86. The third kappa shape index (κ3) is 3.67. The summed E-state index contributed by atoms with van der Waals surface area (Å²) < 4.78 is 10.3. The zero-order valence-electron chi connectivity index (χ0n) is 13.8. The molecule has 2 aromatic carbocycles. The lowest BCUT2D eigenvalue weighted by Gasteiger charge is -2.18. The predicted octanol–water partition coefficient (Wildman–Crippen LogP) is 3.73. The van der Waals surface area contributed by atoms with Gasteiger partial charge in [-0.15, -0.1) is 0 Å². The predicted molar refractivity (Wildman–Crippen MR) is 96.3 cm³/mol. The lowest BCUT2D eigenvalue weighted by molar-refractivity contribution is 0.0786. The normalized spacial score (nSPS) is 10.7. The molecule has 1 heterocycles. The van der Waals surface area contributed by atoms with Gasteiger partial charge in [-0.25, -0.2) is 4.79 Å². The average Bonchev–Trinajstić information content (AvgIpc) is 2.61. The molecule has 3 rings (SSSR count). The summed E-state index contributed by atoms with van der Waals surface area (Å²) >= 11 is 5.88. The lowest BCUT2D eigenvalue weighted by atomic mass is 10.1. The topological polar surface area (TPSA) is 59.8 Å². The minimum Gasteiger partial charge on any atom is -0.497 e. The minimum absolute atomic E-state index is 0.266. The Morgan fingerprint density at radius 3 is 2.56 bits per heavy atom. The number of nitrogens with zero attached hydrogens (tertiary/aromatic N) is 1. The standard InChI is InChI=1S/C19H16ClNO4/c1-21(11-12-3-5-13(20)6-4-12)19(23)16-10-18(22)25-17-9-14(24-2)7-8-15(16)17/h3-10H,11H2,1-2H3. The number of rotatable bonds is 4. The van der Waals surface area contributed by atoms with Gasteiger partial charge >= 0.3 is 5.63 Å². The van der Waals surface area contributed by atoms with Crippen molar-refractivity contribution >= 4 is 28.5 Å². The molecule has 0 atom stereocenters. The van der Waals surface area contributed by atoms with Gasteiger partial charge in [0.15, 0.2) is 0 Å². The van der Waals surface area contributed by atoms with Gasteiger partial charge in [-0.1, -0.05) is 23.7 Å². The van der Waals surface area contributed by atoms with Gasteiger partial charge in [0.05, 0.1) is 12.7 Å². The van der Waals surface area contributed by atoms with Gasteiger partial charge in [0.1, 0.15) is 11.3 Å². The fourth-order valence-electron chi connectivity index (χ4n) is 2.59. The van der Waals surface area contributed by atoms with E-state index in [1.165, 1.54) is 13.2 Å². The van der Waals surface area contributed by atoms with Gasteiger partial charge < -0.3 is 14.1 Å². The molecule has 6 heteroatoms. The highest BCUT2D eigenvalue weighted by atomic mass is 35.5. The molecule has 0 spiro atoms. The maximum Gasteiger partial charge on any atom is 0.337 e. The van der Waals surface area contributed by atoms with E-state index in [0.717, 1.165) is 5.56 Å². The molecule has 0 bridgehead atoms. The number of carbonyl (C=O) groups excluding carboxylic acids is 1. The van der Waals surface area contributed by atoms with Crippen molar-refractivity contribution in [2.45, 2.75) is 6.54 Å². The fourth-order valence-corrected chi connectivity index (χ4v) is 2.71. The van der Waals surface area contributed by atoms with E-state index >= 15 is 0 Å². The molecule has 0 unspecified atom stereocenters. The molecule has 0 aliphatic rings. The lowest BCUT2D eigenvalue weighted by Crippen LogP contribution is -2.27. The van der Waals surface area contributed by atoms with Crippen molar-refractivity contribution in [1.29, 1.82) is 0 Å². The molecule has 5 nitrogen and oxygen atoms in total. The molecule has 0 fully saturated rings. The summed E-state index contributed by atoms with van der Waals surface area (Å²) in [6.45, 7) is 0.397. The Balaban J connectivity index is 1.95. The van der Waals surface area contributed by atoms with Crippen LogP contribution in [0, 0.1) is 0 Å². The van der Waals surface area contributed by atoms with Gasteiger partial charge in [0.25, 0.3) is 5.91 Å². The Labute approximate surface area is 149 Å². The van der Waals surface area contributed by atoms with Crippen LogP contribution in [-0.2, 0) is 6.54 Å². The van der Waals surface area contributed by atoms with Crippen LogP contribution >= 0.6 is 11.6 Å². The van der Waals surface area contributed by atoms with E-state index in [1.54, 1.807) is 42.3 Å². The number of benzene rings is 2. The Morgan fingerprint density at radius 2 is 1.88 bits per heavy atom. The summed E-state index contributed by atoms with van der Waals surface area (Å²) in [5.41, 5.74) is 0.971. The van der Waals surface area contributed by atoms with E-state index in [1.807, 2.05) is 12.1 Å². The first-order chi connectivity index (χ1) is 12.0. The Hall–Kier alpha value is -2.79. The maximum atomic E-state index is 12.8. The molecule has 0 saturated heterocycles. The van der Waals surface area contributed by atoms with Gasteiger partial charge in [0, 0.05) is 36.1 Å². The highest BCUT2D eigenvalue weighted by Gasteiger charge is 2.18. The number of hydrogen-bond acceptors (Lipinski definition) is 4. The van der Waals surface area contributed by atoms with Crippen LogP contribution in [0.15, 0.2) is 57.7 Å². The van der Waals surface area contributed by atoms with Crippen LogP contribution in [0.3, 0.4) is 0 Å². The second-order valence-corrected chi connectivity index (χ2v) is 6.07. The molecule has 128 valence electrons. The SMILES string of the molecule is COc1ccc2c(C(=O)N(C)Cc3ccc(Cl)cc3)cc(=O)oc2c1. The summed E-state index contributed by atoms with van der Waals surface area (Å²) in [5, 5.41) is 1.20. The van der Waals surface area contributed by atoms with Crippen LogP contribution in [0.5, 0.6) is 5.75 Å². The van der Waals surface area contributed by atoms with Crippen molar-refractivity contribution in [3.05, 3.63) is 75.1 Å². The van der Waals surface area contributed by atoms with E-state index < -0.39 is 5.63 Å². The second-order valence-electron chi connectivity index (χ2n) is 5.63. The zero-order chi connectivity index (χ0) is 18.0. The number of methoxy groups -OCH3 is 1. The first kappa shape index (κ1) is 17.0. The van der Waals surface area contributed by atoms with E-state index in [0.29, 0.717) is 33.8 Å². The van der Waals surface area contributed by atoms with Crippen molar-refractivity contribution in [3.63, 3.8) is 0 Å². The van der Waals surface area contributed by atoms with Crippen molar-refractivity contribution in [3.8, 4) is 5.75 Å². The van der Waals surface area contributed by atoms with E-state index in [-0.39, 0.29) is 5.91 Å². The molecular weight excluding hydrogens is 342 g/mol. The number of carbonyl (C=O) groups is 1. The van der Waals surface area contributed by atoms with Crippen LogP contribution in [0.1, 0.15) is 15.9 Å². The van der Waals surface area contributed by atoms with Crippen LogP contribution in [-0.4, -0.2) is 25.0 Å². The monoisotopic (exact) mass is 357 g/mol. The van der Waals surface area contributed by atoms with Gasteiger partial charge in [-0.2, -0.15) is 0 Å². The van der Waals surface area contributed by atoms with Crippen LogP contribution < -0.4 is 10.4 Å². The van der Waals surface area contributed by atoms with E-state index in [2.05, 4.69) is 0 Å². The molecule has 0 aliphatic heterocycles. The summed E-state index contributed by atoms with van der Waals surface area (Å²) in [5.74, 6) is 0.285. The fraction of sp³-hybridized carbons (Fsp3) is 0.158. The van der Waals surface area contributed by atoms with Gasteiger partial charge in [-0.05, 0) is 29.8 Å². The van der Waals surface area contributed by atoms with Gasteiger partial charge in [-0.3, -0.25) is 4.79 Å². The number of amides is 1. The highest BCUT2D eigenvalue weighted by Crippen LogP contribution is 2.23. The zero-order valence-corrected chi connectivity index (χ0v) is 14.5. The molecule has 0 saturated carbocycles. The van der Waals surface area contributed by atoms with Crippen molar-refractivity contribution < 1.29 is 13.9 Å². The van der Waals surface area contributed by atoms with Crippen LogP contribution in [0.4, 0.5) is 0 Å². The maximum absolute atomic E-state index is 12.8. The first-order valence-corrected chi connectivity index (χ1v) is 7.97. The average molecular weight is 358 g/mol. The molecule has 1 aromatic heterocycles. The third-order valence-corrected chi connectivity index (χ3v) is 4.11. The molecule has 1 amide bonds. The molecule has 0 aliphatic carbocycles. The first-order valence-electron chi connectivity index (χ1n) is 7.60. The summed E-state index contributed by atoms with van der Waals surface area (Å²) in [7, 11) is 3.20. The minimum atomic E-state index is -0.580. The quantitative estimate of drug-likeness (QED) is 0.667. The molecule has 0 radical (unpaired) electrons. The molecule has 25 heavy (non-hydrogen) atoms. The largest absolute Gasteiger partial charge is 0.497 e. The molecule has 3 aromatic rings. The summed E-state index contributed by atoms with van der Waals surface area (Å²) in [4.78, 5) is 26.2. The van der Waals surface area contributed by atoms with Crippen molar-refractivity contribution in [2.75, 3.05) is 14.2 Å². The van der Waals surface area contributed by atoms with Gasteiger partial charge in [0.2, 0.25) is 0 Å². The van der Waals surface area contributed by atoms with Crippen LogP contribution in [0.2, 0.25) is 5.02 Å². The number of ether oxygens (including phenoxy) is 1. The molecular formula is C19H16ClNO4. The number of halogens is 1. The Morgan fingerprint density at radius 1 is 1.16 bits per heavy atom. The summed E-state index contributed by atoms with van der Waals surface area (Å²) in [6, 6.07) is 13.5. The second kappa shape index (κ2) is 6.99. The molecule has 0 N–H and O–H groups in total. The number of fused-ring (bicyclic) bond motifs is 1. The Bertz CT molecular complexity index is 979. The highest BCUT2D eigenvalue weighted by molar-refractivity contribution is 6.30. The van der Waals surface area contributed by atoms with Crippen molar-refractivity contribution in [2.24, 2.45) is 0 Å². The van der Waals surface area contributed by atoms with Crippen LogP contribution in [0.25, 0.3) is 11.0 Å². The smallest absolute Gasteiger partial charge is 0.337 e. The Kier molecular flexibility index (Phi) is 4.76. The van der Waals surface area contributed by atoms with Crippen molar-refractivity contribution in [1.82, 2.24) is 4.90 Å². The number of hydrogen-bond donors (Lipinski definition) is 0. The van der Waals surface area contributed by atoms with E-state index in [4.69, 9.17) is 20.8 Å². The van der Waals surface area contributed by atoms with E-state index in [9.17, 15) is 9.59 Å². The summed E-state index contributed by atoms with van der Waals surface area (Å²) in [6.07, 6.45) is 0.